The molecule has 4 rings (SSSR count). The van der Waals surface area contributed by atoms with Crippen LogP contribution in [0.25, 0.3) is 11.4 Å². The van der Waals surface area contributed by atoms with Crippen molar-refractivity contribution in [1.29, 1.82) is 0 Å². The number of hydrogen-bond donors (Lipinski definition) is 1. The van der Waals surface area contributed by atoms with E-state index in [2.05, 4.69) is 15.5 Å². The maximum absolute atomic E-state index is 13.9. The summed E-state index contributed by atoms with van der Waals surface area (Å²) in [5, 5.41) is 10.3. The molecule has 0 radical (unpaired) electrons. The van der Waals surface area contributed by atoms with Gasteiger partial charge >= 0.3 is 0 Å². The van der Waals surface area contributed by atoms with E-state index in [4.69, 9.17) is 0 Å². The lowest BCUT2D eigenvalue weighted by Crippen LogP contribution is -2.24. The van der Waals surface area contributed by atoms with Crippen molar-refractivity contribution in [2.75, 3.05) is 5.32 Å². The van der Waals surface area contributed by atoms with E-state index in [9.17, 15) is 22.4 Å². The summed E-state index contributed by atoms with van der Waals surface area (Å²) in [5.41, 5.74) is 1.13. The SMILES string of the molecule is CC(Sc1nnc(-c2ccc(F)cc2)n1Cc1ccccc1)C(=O)Nc1ccc(F)c(F)c1F. The normalized spacial score (nSPS) is 11.9. The van der Waals surface area contributed by atoms with Crippen LogP contribution >= 0.6 is 11.8 Å². The minimum atomic E-state index is -1.66. The van der Waals surface area contributed by atoms with Crippen LogP contribution in [0.5, 0.6) is 0 Å². The van der Waals surface area contributed by atoms with E-state index in [0.29, 0.717) is 23.1 Å². The number of carbonyl (C=O) groups is 1. The average molecular weight is 486 g/mol. The van der Waals surface area contributed by atoms with Crippen molar-refractivity contribution in [3.63, 3.8) is 0 Å². The van der Waals surface area contributed by atoms with Gasteiger partial charge in [-0.2, -0.15) is 0 Å². The molecule has 0 bridgehead atoms. The van der Waals surface area contributed by atoms with Crippen molar-refractivity contribution in [3.05, 3.63) is 95.6 Å². The molecule has 1 N–H and O–H groups in total. The molecule has 1 amide bonds. The molecule has 0 aliphatic heterocycles. The van der Waals surface area contributed by atoms with Crippen LogP contribution < -0.4 is 5.32 Å². The number of halogens is 4. The Hall–Kier alpha value is -3.66. The number of nitrogens with zero attached hydrogens (tertiary/aromatic N) is 3. The number of thioether (sulfide) groups is 1. The topological polar surface area (TPSA) is 59.8 Å². The molecular formula is C24H18F4N4OS. The summed E-state index contributed by atoms with van der Waals surface area (Å²) in [5.74, 6) is -5.03. The van der Waals surface area contributed by atoms with Gasteiger partial charge in [-0.25, -0.2) is 17.6 Å². The largest absolute Gasteiger partial charge is 0.323 e. The van der Waals surface area contributed by atoms with Gasteiger partial charge in [0.25, 0.3) is 0 Å². The van der Waals surface area contributed by atoms with Crippen molar-refractivity contribution < 1.29 is 22.4 Å². The highest BCUT2D eigenvalue weighted by Gasteiger charge is 2.23. The predicted molar refractivity (Wildman–Crippen MR) is 121 cm³/mol. The van der Waals surface area contributed by atoms with Crippen molar-refractivity contribution in [2.24, 2.45) is 0 Å². The molecule has 0 fully saturated rings. The maximum atomic E-state index is 13.9. The highest BCUT2D eigenvalue weighted by Crippen LogP contribution is 2.29. The Labute approximate surface area is 196 Å². The standard InChI is InChI=1S/C24H18F4N4OS/c1-14(23(33)29-19-12-11-18(26)20(27)21(19)28)34-24-31-30-22(16-7-9-17(25)10-8-16)32(24)13-15-5-3-2-4-6-15/h2-12,14H,13H2,1H3,(H,29,33). The Morgan fingerprint density at radius 1 is 0.941 bits per heavy atom. The van der Waals surface area contributed by atoms with Crippen molar-refractivity contribution in [3.8, 4) is 11.4 Å². The van der Waals surface area contributed by atoms with Crippen LogP contribution in [0.3, 0.4) is 0 Å². The maximum Gasteiger partial charge on any atom is 0.237 e. The molecule has 174 valence electrons. The Bertz CT molecular complexity index is 1310. The van der Waals surface area contributed by atoms with E-state index in [1.807, 2.05) is 30.3 Å². The molecule has 4 aromatic rings. The molecule has 1 aromatic heterocycles. The fourth-order valence-corrected chi connectivity index (χ4v) is 4.01. The number of aromatic nitrogens is 3. The summed E-state index contributed by atoms with van der Waals surface area (Å²) in [6.45, 7) is 1.95. The molecule has 0 spiro atoms. The van der Waals surface area contributed by atoms with E-state index < -0.39 is 34.3 Å². The van der Waals surface area contributed by atoms with Gasteiger partial charge in [0.15, 0.2) is 28.4 Å². The third-order valence-corrected chi connectivity index (χ3v) is 6.03. The fourth-order valence-electron chi connectivity index (χ4n) is 3.17. The molecule has 5 nitrogen and oxygen atoms in total. The number of carbonyl (C=O) groups excluding carboxylic acids is 1. The van der Waals surface area contributed by atoms with Gasteiger partial charge in [-0.05, 0) is 48.9 Å². The van der Waals surface area contributed by atoms with Crippen LogP contribution in [0.15, 0.2) is 71.9 Å². The first-order valence-corrected chi connectivity index (χ1v) is 11.1. The molecule has 0 aliphatic rings. The van der Waals surface area contributed by atoms with Crippen LogP contribution in [0.4, 0.5) is 23.2 Å². The lowest BCUT2D eigenvalue weighted by molar-refractivity contribution is -0.115. The number of rotatable bonds is 7. The zero-order valence-corrected chi connectivity index (χ0v) is 18.6. The smallest absolute Gasteiger partial charge is 0.237 e. The monoisotopic (exact) mass is 486 g/mol. The molecule has 10 heteroatoms. The fraction of sp³-hybridized carbons (Fsp3) is 0.125. The molecule has 0 saturated heterocycles. The van der Waals surface area contributed by atoms with Crippen molar-refractivity contribution in [1.82, 2.24) is 14.8 Å². The first-order valence-electron chi connectivity index (χ1n) is 10.2. The molecule has 1 atom stereocenters. The first kappa shape index (κ1) is 23.5. The van der Waals surface area contributed by atoms with Gasteiger partial charge in [-0.1, -0.05) is 42.1 Å². The lowest BCUT2D eigenvalue weighted by atomic mass is 10.2. The van der Waals surface area contributed by atoms with Crippen molar-refractivity contribution in [2.45, 2.75) is 23.9 Å². The zero-order valence-electron chi connectivity index (χ0n) is 17.8. The second-order valence-corrected chi connectivity index (χ2v) is 8.67. The van der Waals surface area contributed by atoms with E-state index >= 15 is 0 Å². The Kier molecular flexibility index (Phi) is 6.97. The summed E-state index contributed by atoms with van der Waals surface area (Å²) >= 11 is 1.06. The molecule has 0 saturated carbocycles. The molecule has 34 heavy (non-hydrogen) atoms. The minimum Gasteiger partial charge on any atom is -0.323 e. The van der Waals surface area contributed by atoms with E-state index in [0.717, 1.165) is 29.5 Å². The predicted octanol–water partition coefficient (Wildman–Crippen LogP) is 5.67. The van der Waals surface area contributed by atoms with Gasteiger partial charge in [0, 0.05) is 5.56 Å². The van der Waals surface area contributed by atoms with Gasteiger partial charge in [0.2, 0.25) is 5.91 Å². The Morgan fingerprint density at radius 2 is 1.65 bits per heavy atom. The summed E-state index contributed by atoms with van der Waals surface area (Å²) in [6, 6.07) is 17.0. The Morgan fingerprint density at radius 3 is 2.35 bits per heavy atom. The number of benzene rings is 3. The van der Waals surface area contributed by atoms with Crippen molar-refractivity contribution >= 4 is 23.4 Å². The van der Waals surface area contributed by atoms with Gasteiger partial charge < -0.3 is 5.32 Å². The van der Waals surface area contributed by atoms with Gasteiger partial charge in [0.05, 0.1) is 17.5 Å². The average Bonchev–Trinajstić information content (AvgIpc) is 3.22. The van der Waals surface area contributed by atoms with Gasteiger partial charge in [-0.15, -0.1) is 10.2 Å². The van der Waals surface area contributed by atoms with Gasteiger partial charge in [0.1, 0.15) is 5.82 Å². The molecule has 1 unspecified atom stereocenters. The quantitative estimate of drug-likeness (QED) is 0.208. The van der Waals surface area contributed by atoms with Crippen LogP contribution in [0.1, 0.15) is 12.5 Å². The lowest BCUT2D eigenvalue weighted by Gasteiger charge is -2.14. The van der Waals surface area contributed by atoms with E-state index in [1.165, 1.54) is 12.1 Å². The Balaban J connectivity index is 1.60. The van der Waals surface area contributed by atoms with E-state index in [1.54, 1.807) is 23.6 Å². The second kappa shape index (κ2) is 10.1. The minimum absolute atomic E-state index is 0.384. The van der Waals surface area contributed by atoms with Crippen LogP contribution in [-0.4, -0.2) is 25.9 Å². The zero-order chi connectivity index (χ0) is 24.2. The van der Waals surface area contributed by atoms with Crippen LogP contribution in [0.2, 0.25) is 0 Å². The molecule has 1 heterocycles. The molecular weight excluding hydrogens is 468 g/mol. The van der Waals surface area contributed by atoms with Crippen LogP contribution in [-0.2, 0) is 11.3 Å². The van der Waals surface area contributed by atoms with E-state index in [-0.39, 0.29) is 5.82 Å². The van der Waals surface area contributed by atoms with Gasteiger partial charge in [-0.3, -0.25) is 9.36 Å². The molecule has 3 aromatic carbocycles. The second-order valence-electron chi connectivity index (χ2n) is 7.36. The number of nitrogens with one attached hydrogen (secondary N) is 1. The van der Waals surface area contributed by atoms with Crippen LogP contribution in [0, 0.1) is 23.3 Å². The number of anilines is 1. The third-order valence-electron chi connectivity index (χ3n) is 4.95. The number of hydrogen-bond acceptors (Lipinski definition) is 4. The summed E-state index contributed by atoms with van der Waals surface area (Å²) in [7, 11) is 0. The highest BCUT2D eigenvalue weighted by atomic mass is 32.2. The summed E-state index contributed by atoms with van der Waals surface area (Å²) in [4.78, 5) is 12.6. The first-order chi connectivity index (χ1) is 16.3. The highest BCUT2D eigenvalue weighted by molar-refractivity contribution is 8.00. The third kappa shape index (κ3) is 5.12. The number of amides is 1. The summed E-state index contributed by atoms with van der Waals surface area (Å²) < 4.78 is 55.8. The molecule has 0 aliphatic carbocycles. The summed E-state index contributed by atoms with van der Waals surface area (Å²) in [6.07, 6.45) is 0.